The SMILES string of the molecule is CCNc1nc(Nc2cc(C(C)(C)S(C)(=O)=O)nn2C2CC2)ncc1C(F)(F)F. The normalized spacial score (nSPS) is 15.4. The summed E-state index contributed by atoms with van der Waals surface area (Å²) in [5.41, 5.74) is -0.618. The summed E-state index contributed by atoms with van der Waals surface area (Å²) in [6.07, 6.45) is -0.972. The van der Waals surface area contributed by atoms with Gasteiger partial charge in [0.1, 0.15) is 21.9 Å². The zero-order valence-electron chi connectivity index (χ0n) is 16.5. The molecule has 0 aromatic carbocycles. The van der Waals surface area contributed by atoms with Gasteiger partial charge in [0.05, 0.1) is 11.7 Å². The predicted molar refractivity (Wildman–Crippen MR) is 103 cm³/mol. The van der Waals surface area contributed by atoms with Gasteiger partial charge in [0, 0.05) is 25.1 Å². The molecule has 160 valence electrons. The minimum atomic E-state index is -4.58. The number of sulfone groups is 1. The fourth-order valence-corrected chi connectivity index (χ4v) is 3.12. The Hall–Kier alpha value is -2.37. The van der Waals surface area contributed by atoms with Crippen molar-refractivity contribution in [3.05, 3.63) is 23.5 Å². The fourth-order valence-electron chi connectivity index (χ4n) is 2.64. The van der Waals surface area contributed by atoms with Crippen molar-refractivity contribution in [1.82, 2.24) is 19.7 Å². The van der Waals surface area contributed by atoms with Gasteiger partial charge in [0.15, 0.2) is 9.84 Å². The molecule has 2 heterocycles. The van der Waals surface area contributed by atoms with Gasteiger partial charge in [-0.15, -0.1) is 0 Å². The molecule has 0 amide bonds. The molecule has 0 bridgehead atoms. The molecule has 0 radical (unpaired) electrons. The van der Waals surface area contributed by atoms with E-state index in [4.69, 9.17) is 0 Å². The summed E-state index contributed by atoms with van der Waals surface area (Å²) in [7, 11) is -3.44. The molecule has 0 aliphatic heterocycles. The van der Waals surface area contributed by atoms with Crippen molar-refractivity contribution >= 4 is 27.4 Å². The van der Waals surface area contributed by atoms with Crippen LogP contribution in [0, 0.1) is 0 Å². The van der Waals surface area contributed by atoms with E-state index in [9.17, 15) is 21.6 Å². The first-order valence-corrected chi connectivity index (χ1v) is 11.0. The largest absolute Gasteiger partial charge is 0.421 e. The first kappa shape index (κ1) is 21.3. The van der Waals surface area contributed by atoms with Crippen LogP contribution in [0.15, 0.2) is 12.3 Å². The van der Waals surface area contributed by atoms with Crippen LogP contribution >= 0.6 is 0 Å². The molecule has 0 unspecified atom stereocenters. The maximum absolute atomic E-state index is 13.1. The van der Waals surface area contributed by atoms with Crippen LogP contribution < -0.4 is 10.6 Å². The van der Waals surface area contributed by atoms with Gasteiger partial charge in [-0.3, -0.25) is 0 Å². The first-order valence-electron chi connectivity index (χ1n) is 9.09. The molecule has 0 atom stereocenters. The van der Waals surface area contributed by atoms with Gasteiger partial charge in [-0.2, -0.15) is 23.3 Å². The van der Waals surface area contributed by atoms with Crippen molar-refractivity contribution in [2.75, 3.05) is 23.4 Å². The highest BCUT2D eigenvalue weighted by Gasteiger charge is 2.38. The molecule has 2 N–H and O–H groups in total. The summed E-state index contributed by atoms with van der Waals surface area (Å²) in [5.74, 6) is 0.0626. The summed E-state index contributed by atoms with van der Waals surface area (Å²) in [5, 5.41) is 9.93. The predicted octanol–water partition coefficient (Wildman–Crippen LogP) is 3.48. The standard InChI is InChI=1S/C17H23F3N6O2S/c1-5-21-14-11(17(18,19)20)9-22-15(24-14)23-13-8-12(16(2,3)29(4,27)28)25-26(13)10-6-7-10/h8-10H,5-7H2,1-4H3,(H2,21,22,23,24). The van der Waals surface area contributed by atoms with Crippen LogP contribution in [-0.2, 0) is 20.8 Å². The molecule has 0 saturated heterocycles. The average molecular weight is 432 g/mol. The maximum Gasteiger partial charge on any atom is 0.421 e. The quantitative estimate of drug-likeness (QED) is 0.691. The Labute approximate surface area is 166 Å². The van der Waals surface area contributed by atoms with E-state index in [1.807, 2.05) is 0 Å². The molecule has 12 heteroatoms. The molecule has 1 aliphatic carbocycles. The Morgan fingerprint density at radius 2 is 1.93 bits per heavy atom. The van der Waals surface area contributed by atoms with Crippen LogP contribution in [0.1, 0.15) is 50.9 Å². The molecule has 29 heavy (non-hydrogen) atoms. The van der Waals surface area contributed by atoms with E-state index >= 15 is 0 Å². The van der Waals surface area contributed by atoms with Gasteiger partial charge in [-0.25, -0.2) is 18.1 Å². The Morgan fingerprint density at radius 3 is 2.45 bits per heavy atom. The molecule has 1 saturated carbocycles. The van der Waals surface area contributed by atoms with E-state index in [1.165, 1.54) is 0 Å². The van der Waals surface area contributed by atoms with Gasteiger partial charge in [-0.05, 0) is 33.6 Å². The minimum Gasteiger partial charge on any atom is -0.370 e. The molecule has 0 spiro atoms. The van der Waals surface area contributed by atoms with Crippen molar-refractivity contribution in [3.63, 3.8) is 0 Å². The average Bonchev–Trinajstić information content (AvgIpc) is 3.34. The molecule has 1 aliphatic rings. The van der Waals surface area contributed by atoms with Gasteiger partial charge in [0.25, 0.3) is 0 Å². The number of aromatic nitrogens is 4. The summed E-state index contributed by atoms with van der Waals surface area (Å²) >= 11 is 0. The lowest BCUT2D eigenvalue weighted by atomic mass is 10.1. The lowest BCUT2D eigenvalue weighted by molar-refractivity contribution is -0.137. The third-order valence-electron chi connectivity index (χ3n) is 4.85. The smallest absolute Gasteiger partial charge is 0.370 e. The Bertz CT molecular complexity index is 1010. The van der Waals surface area contributed by atoms with Crippen molar-refractivity contribution in [3.8, 4) is 0 Å². The molecular weight excluding hydrogens is 409 g/mol. The molecule has 2 aromatic heterocycles. The fraction of sp³-hybridized carbons (Fsp3) is 0.588. The highest BCUT2D eigenvalue weighted by atomic mass is 32.2. The second-order valence-electron chi connectivity index (χ2n) is 7.48. The first-order chi connectivity index (χ1) is 13.3. The van der Waals surface area contributed by atoms with Crippen LogP contribution in [0.25, 0.3) is 0 Å². The monoisotopic (exact) mass is 432 g/mol. The van der Waals surface area contributed by atoms with E-state index < -0.39 is 26.3 Å². The number of rotatable bonds is 7. The van der Waals surface area contributed by atoms with Crippen LogP contribution in [0.5, 0.6) is 0 Å². The number of anilines is 3. The van der Waals surface area contributed by atoms with Gasteiger partial charge in [-0.1, -0.05) is 0 Å². The van der Waals surface area contributed by atoms with E-state index in [2.05, 4.69) is 25.7 Å². The lowest BCUT2D eigenvalue weighted by Crippen LogP contribution is -2.28. The Morgan fingerprint density at radius 1 is 1.28 bits per heavy atom. The van der Waals surface area contributed by atoms with E-state index in [-0.39, 0.29) is 24.4 Å². The zero-order chi connectivity index (χ0) is 21.6. The third kappa shape index (κ3) is 4.31. The second-order valence-corrected chi connectivity index (χ2v) is 10.0. The molecular formula is C17H23F3N6O2S. The number of hydrogen-bond acceptors (Lipinski definition) is 7. The summed E-state index contributed by atoms with van der Waals surface area (Å²) in [6, 6.07) is 1.68. The van der Waals surface area contributed by atoms with Gasteiger partial charge < -0.3 is 10.6 Å². The van der Waals surface area contributed by atoms with E-state index in [0.717, 1.165) is 19.1 Å². The molecule has 8 nitrogen and oxygen atoms in total. The second kappa shape index (κ2) is 7.15. The topological polar surface area (TPSA) is 102 Å². The third-order valence-corrected chi connectivity index (χ3v) is 6.91. The number of hydrogen-bond donors (Lipinski definition) is 2. The number of nitrogens with one attached hydrogen (secondary N) is 2. The highest BCUT2D eigenvalue weighted by molar-refractivity contribution is 7.91. The van der Waals surface area contributed by atoms with Gasteiger partial charge >= 0.3 is 6.18 Å². The maximum atomic E-state index is 13.1. The summed E-state index contributed by atoms with van der Waals surface area (Å²) in [4.78, 5) is 7.74. The number of halogens is 3. The summed E-state index contributed by atoms with van der Waals surface area (Å²) < 4.78 is 64.2. The van der Waals surface area contributed by atoms with Crippen LogP contribution in [0.2, 0.25) is 0 Å². The molecule has 1 fully saturated rings. The number of nitrogens with zero attached hydrogens (tertiary/aromatic N) is 4. The van der Waals surface area contributed by atoms with Crippen LogP contribution in [-0.4, -0.2) is 41.0 Å². The molecule has 3 rings (SSSR count). The van der Waals surface area contributed by atoms with Crippen LogP contribution in [0.4, 0.5) is 30.8 Å². The number of alkyl halides is 3. The van der Waals surface area contributed by atoms with Crippen molar-refractivity contribution in [2.24, 2.45) is 0 Å². The Balaban J connectivity index is 1.99. The van der Waals surface area contributed by atoms with Gasteiger partial charge in [0.2, 0.25) is 5.95 Å². The van der Waals surface area contributed by atoms with Crippen LogP contribution in [0.3, 0.4) is 0 Å². The zero-order valence-corrected chi connectivity index (χ0v) is 17.3. The van der Waals surface area contributed by atoms with E-state index in [0.29, 0.717) is 17.7 Å². The van der Waals surface area contributed by atoms with Crippen molar-refractivity contribution in [2.45, 2.75) is 50.6 Å². The van der Waals surface area contributed by atoms with E-state index in [1.54, 1.807) is 31.5 Å². The lowest BCUT2D eigenvalue weighted by Gasteiger charge is -2.19. The molecule has 2 aromatic rings. The highest BCUT2D eigenvalue weighted by Crippen LogP contribution is 2.40. The summed E-state index contributed by atoms with van der Waals surface area (Å²) in [6.45, 7) is 5.04. The van der Waals surface area contributed by atoms with Crippen molar-refractivity contribution in [1.29, 1.82) is 0 Å². The Kier molecular flexibility index (Phi) is 5.26. The van der Waals surface area contributed by atoms with Crippen molar-refractivity contribution < 1.29 is 21.6 Å². The minimum absolute atomic E-state index is 0.0422.